The summed E-state index contributed by atoms with van der Waals surface area (Å²) in [4.78, 5) is 26.3. The molecule has 0 atom stereocenters. The highest BCUT2D eigenvalue weighted by Gasteiger charge is 2.45. The molecule has 6 nitrogen and oxygen atoms in total. The number of benzene rings is 2. The second-order valence-corrected chi connectivity index (χ2v) is 8.31. The van der Waals surface area contributed by atoms with E-state index >= 15 is 0 Å². The number of alkyl halides is 3. The Kier molecular flexibility index (Phi) is 4.81. The average molecular weight is 455 g/mol. The van der Waals surface area contributed by atoms with Crippen molar-refractivity contribution >= 4 is 17.9 Å². The third kappa shape index (κ3) is 3.48. The Morgan fingerprint density at radius 2 is 1.67 bits per heavy atom. The van der Waals surface area contributed by atoms with Crippen LogP contribution in [-0.4, -0.2) is 35.6 Å². The van der Waals surface area contributed by atoms with Crippen LogP contribution in [0.15, 0.2) is 48.5 Å². The van der Waals surface area contributed by atoms with Gasteiger partial charge >= 0.3 is 6.18 Å². The van der Waals surface area contributed by atoms with E-state index in [4.69, 9.17) is 4.74 Å². The molecule has 0 unspecified atom stereocenters. The molecule has 33 heavy (non-hydrogen) atoms. The first-order valence-electron chi connectivity index (χ1n) is 10.5. The molecular formula is C24H20F3N3O3. The quantitative estimate of drug-likeness (QED) is 0.537. The predicted molar refractivity (Wildman–Crippen MR) is 114 cm³/mol. The molecule has 9 heteroatoms. The van der Waals surface area contributed by atoms with Crippen LogP contribution in [0, 0.1) is 0 Å². The van der Waals surface area contributed by atoms with Crippen molar-refractivity contribution in [3.8, 4) is 11.4 Å². The molecule has 0 spiro atoms. The molecule has 1 aromatic heterocycles. The number of ether oxygens (including phenoxy) is 1. The zero-order chi connectivity index (χ0) is 23.4. The fraction of sp³-hybridized carbons (Fsp3) is 0.292. The lowest BCUT2D eigenvalue weighted by molar-refractivity contribution is -0.142. The molecule has 3 aromatic rings. The van der Waals surface area contributed by atoms with Gasteiger partial charge < -0.3 is 14.4 Å². The molecule has 0 N–H and O–H groups in total. The van der Waals surface area contributed by atoms with Crippen molar-refractivity contribution < 1.29 is 27.5 Å². The molecule has 170 valence electrons. The fourth-order valence-corrected chi connectivity index (χ4v) is 4.33. The largest absolute Gasteiger partial charge is 0.497 e. The summed E-state index contributed by atoms with van der Waals surface area (Å²) >= 11 is 0. The summed E-state index contributed by atoms with van der Waals surface area (Å²) in [6.07, 6.45) is -2.12. The maximum Gasteiger partial charge on any atom is 0.435 e. The minimum atomic E-state index is -4.68. The van der Waals surface area contributed by atoms with Crippen LogP contribution in [0.4, 0.5) is 18.9 Å². The Morgan fingerprint density at radius 3 is 2.21 bits per heavy atom. The van der Waals surface area contributed by atoms with Gasteiger partial charge in [0.05, 0.1) is 18.2 Å². The van der Waals surface area contributed by atoms with Gasteiger partial charge in [-0.15, -0.1) is 0 Å². The van der Waals surface area contributed by atoms with E-state index in [0.29, 0.717) is 17.1 Å². The summed E-state index contributed by atoms with van der Waals surface area (Å²) in [5.74, 6) is -0.0213. The Bertz CT molecular complexity index is 1230. The molecule has 1 amide bonds. The van der Waals surface area contributed by atoms with E-state index in [1.54, 1.807) is 48.5 Å². The monoisotopic (exact) mass is 455 g/mol. The highest BCUT2D eigenvalue weighted by molar-refractivity contribution is 6.07. The van der Waals surface area contributed by atoms with Gasteiger partial charge in [-0.25, -0.2) is 4.68 Å². The Balaban J connectivity index is 1.55. The fourth-order valence-electron chi connectivity index (χ4n) is 4.33. The number of hydrogen-bond donors (Lipinski definition) is 0. The lowest BCUT2D eigenvalue weighted by atomic mass is 9.97. The van der Waals surface area contributed by atoms with Gasteiger partial charge in [-0.2, -0.15) is 18.3 Å². The van der Waals surface area contributed by atoms with Gasteiger partial charge in [0.2, 0.25) is 0 Å². The van der Waals surface area contributed by atoms with E-state index in [0.717, 1.165) is 29.4 Å². The number of rotatable bonds is 5. The lowest BCUT2D eigenvalue weighted by Gasteiger charge is -2.28. The van der Waals surface area contributed by atoms with Crippen molar-refractivity contribution in [2.75, 3.05) is 18.6 Å². The topological polar surface area (TPSA) is 64.4 Å². The molecule has 1 saturated carbocycles. The number of anilines is 1. The van der Waals surface area contributed by atoms with Gasteiger partial charge in [-0.1, -0.05) is 12.1 Å². The minimum Gasteiger partial charge on any atom is -0.497 e. The Morgan fingerprint density at radius 1 is 1.03 bits per heavy atom. The number of methoxy groups -OCH3 is 1. The third-order valence-corrected chi connectivity index (χ3v) is 6.37. The van der Waals surface area contributed by atoms with Crippen molar-refractivity contribution in [3.05, 3.63) is 71.0 Å². The van der Waals surface area contributed by atoms with Crippen molar-refractivity contribution in [3.63, 3.8) is 0 Å². The Hall–Kier alpha value is -3.62. The summed E-state index contributed by atoms with van der Waals surface area (Å²) in [7, 11) is 1.49. The second-order valence-electron chi connectivity index (χ2n) is 8.31. The maximum absolute atomic E-state index is 13.7. The van der Waals surface area contributed by atoms with Crippen LogP contribution in [-0.2, 0) is 22.8 Å². The SMILES string of the molecule is COc1ccc(-n2nc(C(F)(F)F)c3c2C(=O)N(c2ccc(C4(C=O)CC4)cc2)CC3)cc1. The van der Waals surface area contributed by atoms with Crippen molar-refractivity contribution in [2.24, 2.45) is 0 Å². The van der Waals surface area contributed by atoms with Crippen LogP contribution in [0.25, 0.3) is 5.69 Å². The van der Waals surface area contributed by atoms with Gasteiger partial charge in [-0.05, 0) is 61.2 Å². The summed E-state index contributed by atoms with van der Waals surface area (Å²) in [5.41, 5.74) is 0.0874. The van der Waals surface area contributed by atoms with Crippen molar-refractivity contribution in [2.45, 2.75) is 30.9 Å². The van der Waals surface area contributed by atoms with Crippen LogP contribution in [0.3, 0.4) is 0 Å². The molecule has 5 rings (SSSR count). The average Bonchev–Trinajstić information content (AvgIpc) is 3.51. The maximum atomic E-state index is 13.7. The van der Waals surface area contributed by atoms with Crippen LogP contribution < -0.4 is 9.64 Å². The van der Waals surface area contributed by atoms with E-state index in [9.17, 15) is 22.8 Å². The molecule has 0 saturated heterocycles. The molecule has 1 aliphatic heterocycles. The number of hydrogen-bond acceptors (Lipinski definition) is 4. The second kappa shape index (κ2) is 7.47. The number of carbonyl (C=O) groups excluding carboxylic acids is 2. The summed E-state index contributed by atoms with van der Waals surface area (Å²) in [6.45, 7) is 0.0986. The van der Waals surface area contributed by atoms with E-state index in [1.165, 1.54) is 12.0 Å². The minimum absolute atomic E-state index is 0.0199. The normalized spacial score (nSPS) is 17.0. The van der Waals surface area contributed by atoms with Crippen molar-refractivity contribution in [1.82, 2.24) is 9.78 Å². The smallest absolute Gasteiger partial charge is 0.435 e. The highest BCUT2D eigenvalue weighted by atomic mass is 19.4. The van der Waals surface area contributed by atoms with Gasteiger partial charge in [0.1, 0.15) is 17.7 Å². The first kappa shape index (κ1) is 21.2. The number of carbonyl (C=O) groups is 2. The van der Waals surface area contributed by atoms with E-state index < -0.39 is 23.2 Å². The molecule has 0 bridgehead atoms. The van der Waals surface area contributed by atoms with Gasteiger partial charge in [0.15, 0.2) is 5.69 Å². The number of amides is 1. The highest BCUT2D eigenvalue weighted by Crippen LogP contribution is 2.46. The van der Waals surface area contributed by atoms with Gasteiger partial charge in [0, 0.05) is 17.8 Å². The summed E-state index contributed by atoms with van der Waals surface area (Å²) < 4.78 is 47.3. The van der Waals surface area contributed by atoms with Gasteiger partial charge in [0.25, 0.3) is 5.91 Å². The van der Waals surface area contributed by atoms with Gasteiger partial charge in [-0.3, -0.25) is 4.79 Å². The van der Waals surface area contributed by atoms with Crippen LogP contribution in [0.2, 0.25) is 0 Å². The molecular weight excluding hydrogens is 435 g/mol. The van der Waals surface area contributed by atoms with Crippen LogP contribution in [0.1, 0.15) is 40.2 Å². The van der Waals surface area contributed by atoms with Crippen LogP contribution in [0.5, 0.6) is 5.75 Å². The van der Waals surface area contributed by atoms with E-state index in [1.807, 2.05) is 0 Å². The predicted octanol–water partition coefficient (Wildman–Crippen LogP) is 4.33. The lowest BCUT2D eigenvalue weighted by Crippen LogP contribution is -2.39. The summed E-state index contributed by atoms with van der Waals surface area (Å²) in [5, 5.41) is 3.80. The standard InChI is InChI=1S/C24H20F3N3O3/c1-33-18-8-6-17(7-9-18)30-20-19(21(28-30)24(25,26)27)10-13-29(22(20)32)16-4-2-15(3-5-16)23(14-31)11-12-23/h2-9,14H,10-13H2,1H3. The first-order chi connectivity index (χ1) is 15.8. The number of halogens is 3. The number of aldehydes is 1. The summed E-state index contributed by atoms with van der Waals surface area (Å²) in [6, 6.07) is 13.4. The number of nitrogens with zero attached hydrogens (tertiary/aromatic N) is 3. The molecule has 2 heterocycles. The molecule has 2 aliphatic rings. The molecule has 2 aromatic carbocycles. The number of fused-ring (bicyclic) bond motifs is 1. The third-order valence-electron chi connectivity index (χ3n) is 6.37. The number of aromatic nitrogens is 2. The zero-order valence-corrected chi connectivity index (χ0v) is 17.7. The van der Waals surface area contributed by atoms with E-state index in [2.05, 4.69) is 5.10 Å². The molecule has 0 radical (unpaired) electrons. The Labute approximate surface area is 187 Å². The van der Waals surface area contributed by atoms with E-state index in [-0.39, 0.29) is 24.2 Å². The molecule has 1 fully saturated rings. The first-order valence-corrected chi connectivity index (χ1v) is 10.5. The molecule has 1 aliphatic carbocycles. The van der Waals surface area contributed by atoms with Crippen LogP contribution >= 0.6 is 0 Å². The zero-order valence-electron chi connectivity index (χ0n) is 17.7. The van der Waals surface area contributed by atoms with Crippen molar-refractivity contribution in [1.29, 1.82) is 0 Å².